The number of hydrogen-bond donors (Lipinski definition) is 2. The zero-order valence-electron chi connectivity index (χ0n) is 10.2. The van der Waals surface area contributed by atoms with Crippen LogP contribution < -0.4 is 5.32 Å². The fraction of sp³-hybridized carbons (Fsp3) is 0.308. The molecule has 5 nitrogen and oxygen atoms in total. The van der Waals surface area contributed by atoms with Gasteiger partial charge in [0.1, 0.15) is 17.7 Å². The van der Waals surface area contributed by atoms with E-state index in [0.717, 1.165) is 19.3 Å². The molecule has 2 N–H and O–H groups in total. The Bertz CT molecular complexity index is 611. The molecule has 98 valence electrons. The fourth-order valence-corrected chi connectivity index (χ4v) is 3.39. The number of nitrogens with one attached hydrogen (secondary N) is 1. The Kier molecular flexibility index (Phi) is 3.16. The SMILES string of the molecule is O=C(O)c1cncnc1NC1CCCc2sccc21. The van der Waals surface area contributed by atoms with Crippen LogP contribution in [0, 0.1) is 0 Å². The summed E-state index contributed by atoms with van der Waals surface area (Å²) in [7, 11) is 0. The van der Waals surface area contributed by atoms with Gasteiger partial charge in [-0.2, -0.15) is 0 Å². The average Bonchev–Trinajstić information content (AvgIpc) is 2.88. The monoisotopic (exact) mass is 275 g/mol. The van der Waals surface area contributed by atoms with Crippen molar-refractivity contribution in [3.8, 4) is 0 Å². The second-order valence-corrected chi connectivity index (χ2v) is 5.48. The standard InChI is InChI=1S/C13H13N3O2S/c17-13(18)9-6-14-7-15-12(9)16-10-2-1-3-11-8(10)4-5-19-11/h4-7,10H,1-3H2,(H,17,18)(H,14,15,16). The van der Waals surface area contributed by atoms with Gasteiger partial charge in [-0.3, -0.25) is 0 Å². The fourth-order valence-electron chi connectivity index (χ4n) is 2.40. The van der Waals surface area contributed by atoms with Crippen LogP contribution in [0.3, 0.4) is 0 Å². The molecule has 0 saturated heterocycles. The lowest BCUT2D eigenvalue weighted by atomic mass is 9.94. The topological polar surface area (TPSA) is 75.1 Å². The highest BCUT2D eigenvalue weighted by atomic mass is 32.1. The van der Waals surface area contributed by atoms with Crippen molar-refractivity contribution in [3.05, 3.63) is 40.0 Å². The Balaban J connectivity index is 1.90. The molecule has 2 aromatic heterocycles. The highest BCUT2D eigenvalue weighted by molar-refractivity contribution is 7.10. The number of carbonyl (C=O) groups is 1. The number of fused-ring (bicyclic) bond motifs is 1. The highest BCUT2D eigenvalue weighted by Gasteiger charge is 2.23. The molecule has 2 aromatic rings. The normalized spacial score (nSPS) is 17.8. The van der Waals surface area contributed by atoms with Gasteiger partial charge in [0.05, 0.1) is 6.04 Å². The zero-order chi connectivity index (χ0) is 13.2. The van der Waals surface area contributed by atoms with Crippen LogP contribution >= 0.6 is 11.3 Å². The summed E-state index contributed by atoms with van der Waals surface area (Å²) in [6.07, 6.45) is 5.91. The lowest BCUT2D eigenvalue weighted by Gasteiger charge is -2.24. The van der Waals surface area contributed by atoms with Gasteiger partial charge in [-0.15, -0.1) is 11.3 Å². The number of nitrogens with zero attached hydrogens (tertiary/aromatic N) is 2. The average molecular weight is 275 g/mol. The maximum absolute atomic E-state index is 11.1. The van der Waals surface area contributed by atoms with Gasteiger partial charge in [-0.05, 0) is 36.3 Å². The third-order valence-electron chi connectivity index (χ3n) is 3.31. The van der Waals surface area contributed by atoms with E-state index in [1.54, 1.807) is 11.3 Å². The van der Waals surface area contributed by atoms with Crippen LogP contribution in [-0.4, -0.2) is 21.0 Å². The van der Waals surface area contributed by atoms with E-state index in [9.17, 15) is 4.79 Å². The summed E-state index contributed by atoms with van der Waals surface area (Å²) in [6, 6.07) is 2.25. The van der Waals surface area contributed by atoms with Gasteiger partial charge < -0.3 is 10.4 Å². The Hall–Kier alpha value is -1.95. The quantitative estimate of drug-likeness (QED) is 0.900. The Morgan fingerprint density at radius 2 is 2.42 bits per heavy atom. The van der Waals surface area contributed by atoms with Gasteiger partial charge in [-0.1, -0.05) is 0 Å². The lowest BCUT2D eigenvalue weighted by molar-refractivity contribution is 0.0697. The molecule has 1 aliphatic rings. The van der Waals surface area contributed by atoms with Gasteiger partial charge in [0.2, 0.25) is 0 Å². The van der Waals surface area contributed by atoms with E-state index < -0.39 is 5.97 Å². The Morgan fingerprint density at radius 3 is 3.26 bits per heavy atom. The third-order valence-corrected chi connectivity index (χ3v) is 4.30. The van der Waals surface area contributed by atoms with Crippen LogP contribution in [0.1, 0.15) is 39.7 Å². The number of hydrogen-bond acceptors (Lipinski definition) is 5. The molecule has 1 unspecified atom stereocenters. The summed E-state index contributed by atoms with van der Waals surface area (Å²) < 4.78 is 0. The number of carboxylic acid groups (broad SMARTS) is 1. The molecule has 0 bridgehead atoms. The van der Waals surface area contributed by atoms with Crippen LogP contribution in [0.25, 0.3) is 0 Å². The first kappa shape index (κ1) is 12.1. The molecule has 0 amide bonds. The van der Waals surface area contributed by atoms with Gasteiger partial charge in [-0.25, -0.2) is 14.8 Å². The van der Waals surface area contributed by atoms with E-state index in [4.69, 9.17) is 5.11 Å². The van der Waals surface area contributed by atoms with Crippen molar-refractivity contribution in [2.24, 2.45) is 0 Å². The maximum atomic E-state index is 11.1. The summed E-state index contributed by atoms with van der Waals surface area (Å²) in [5, 5.41) is 14.5. The van der Waals surface area contributed by atoms with Crippen LogP contribution in [-0.2, 0) is 6.42 Å². The summed E-state index contributed by atoms with van der Waals surface area (Å²) >= 11 is 1.76. The van der Waals surface area contributed by atoms with E-state index >= 15 is 0 Å². The van der Waals surface area contributed by atoms with Crippen molar-refractivity contribution in [1.29, 1.82) is 0 Å². The van der Waals surface area contributed by atoms with Crippen LogP contribution in [0.15, 0.2) is 24.0 Å². The molecule has 0 spiro atoms. The van der Waals surface area contributed by atoms with Crippen molar-refractivity contribution >= 4 is 23.1 Å². The molecule has 1 aliphatic carbocycles. The molecule has 1 atom stereocenters. The summed E-state index contributed by atoms with van der Waals surface area (Å²) in [5.41, 5.74) is 1.39. The number of anilines is 1. The smallest absolute Gasteiger partial charge is 0.341 e. The molecule has 0 aliphatic heterocycles. The number of aryl methyl sites for hydroxylation is 1. The predicted octanol–water partition coefficient (Wildman–Crippen LogP) is 2.73. The van der Waals surface area contributed by atoms with E-state index in [-0.39, 0.29) is 11.6 Å². The highest BCUT2D eigenvalue weighted by Crippen LogP contribution is 2.35. The minimum atomic E-state index is -1.01. The first-order valence-electron chi connectivity index (χ1n) is 6.12. The summed E-state index contributed by atoms with van der Waals surface area (Å²) in [4.78, 5) is 20.3. The molecule has 3 rings (SSSR count). The Labute approximate surface area is 114 Å². The Morgan fingerprint density at radius 1 is 1.53 bits per heavy atom. The number of aromatic nitrogens is 2. The maximum Gasteiger partial charge on any atom is 0.341 e. The van der Waals surface area contributed by atoms with Crippen molar-refractivity contribution in [2.45, 2.75) is 25.3 Å². The predicted molar refractivity (Wildman–Crippen MR) is 72.6 cm³/mol. The second-order valence-electron chi connectivity index (χ2n) is 4.48. The van der Waals surface area contributed by atoms with Crippen molar-refractivity contribution < 1.29 is 9.90 Å². The van der Waals surface area contributed by atoms with Gasteiger partial charge in [0.25, 0.3) is 0 Å². The van der Waals surface area contributed by atoms with Crippen LogP contribution in [0.5, 0.6) is 0 Å². The number of thiophene rings is 1. The van der Waals surface area contributed by atoms with Gasteiger partial charge >= 0.3 is 5.97 Å². The van der Waals surface area contributed by atoms with Crippen molar-refractivity contribution in [3.63, 3.8) is 0 Å². The molecule has 0 aromatic carbocycles. The third kappa shape index (κ3) is 2.31. The molecule has 0 radical (unpaired) electrons. The first-order chi connectivity index (χ1) is 9.25. The van der Waals surface area contributed by atoms with E-state index in [1.807, 2.05) is 0 Å². The minimum Gasteiger partial charge on any atom is -0.477 e. The number of rotatable bonds is 3. The number of aromatic carboxylic acids is 1. The van der Waals surface area contributed by atoms with E-state index in [1.165, 1.54) is 23.0 Å². The second kappa shape index (κ2) is 4.97. The largest absolute Gasteiger partial charge is 0.477 e. The molecule has 0 saturated carbocycles. The van der Waals surface area contributed by atoms with Crippen LogP contribution in [0.4, 0.5) is 5.82 Å². The van der Waals surface area contributed by atoms with Gasteiger partial charge in [0.15, 0.2) is 0 Å². The molecule has 2 heterocycles. The molecular formula is C13H13N3O2S. The van der Waals surface area contributed by atoms with E-state index in [0.29, 0.717) is 5.82 Å². The molecular weight excluding hydrogens is 262 g/mol. The van der Waals surface area contributed by atoms with Gasteiger partial charge in [0, 0.05) is 11.1 Å². The first-order valence-corrected chi connectivity index (χ1v) is 7.00. The molecule has 6 heteroatoms. The van der Waals surface area contributed by atoms with Crippen LogP contribution in [0.2, 0.25) is 0 Å². The summed E-state index contributed by atoms with van der Waals surface area (Å²) in [6.45, 7) is 0. The minimum absolute atomic E-state index is 0.116. The zero-order valence-corrected chi connectivity index (χ0v) is 11.0. The van der Waals surface area contributed by atoms with Crippen molar-refractivity contribution in [1.82, 2.24) is 9.97 Å². The molecule has 0 fully saturated rings. The van der Waals surface area contributed by atoms with Crippen molar-refractivity contribution in [2.75, 3.05) is 5.32 Å². The lowest BCUT2D eigenvalue weighted by Crippen LogP contribution is -2.18. The number of carboxylic acids is 1. The summed E-state index contributed by atoms with van der Waals surface area (Å²) in [5.74, 6) is -0.615. The van der Waals surface area contributed by atoms with E-state index in [2.05, 4.69) is 26.7 Å². The molecule has 19 heavy (non-hydrogen) atoms.